The molecular weight excluding hydrogens is 1920 g/mol. The number of alkyl halides is 26. The molecule has 14 bridgehead atoms. The Labute approximate surface area is 806 Å². The van der Waals surface area contributed by atoms with Crippen molar-refractivity contribution in [2.75, 3.05) is 166 Å². The van der Waals surface area contributed by atoms with Crippen LogP contribution in [0.3, 0.4) is 0 Å². The molecule has 0 aromatic heterocycles. The number of hydrogen-bond donors (Lipinski definition) is 1. The van der Waals surface area contributed by atoms with E-state index in [1.54, 1.807) is 32.4 Å². The molecule has 140 heavy (non-hydrogen) atoms. The molecule has 0 saturated heterocycles. The van der Waals surface area contributed by atoms with Crippen molar-refractivity contribution in [3.63, 3.8) is 0 Å². The lowest BCUT2D eigenvalue weighted by Crippen LogP contribution is -2.58. The van der Waals surface area contributed by atoms with Gasteiger partial charge in [-0.25, -0.2) is 61.5 Å². The molecule has 40 heteroatoms. The smallest absolute Gasteiger partial charge is 0.382 e. The fraction of sp³-hybridized carbons (Fsp3) is 0.860. The summed E-state index contributed by atoms with van der Waals surface area (Å²) in [4.78, 5) is 0. The van der Waals surface area contributed by atoms with Crippen LogP contribution in [0.4, 0.5) is 114 Å². The van der Waals surface area contributed by atoms with E-state index < -0.39 is 154 Å². The summed E-state index contributed by atoms with van der Waals surface area (Å²) < 4.78 is 406. The number of aliphatic hydroxyl groups is 1. The van der Waals surface area contributed by atoms with Crippen LogP contribution in [0.2, 0.25) is 0 Å². The zero-order chi connectivity index (χ0) is 103. The number of ether oxygens (including phenoxy) is 13. The molecule has 14 aliphatic carbocycles. The van der Waals surface area contributed by atoms with Crippen LogP contribution in [0.5, 0.6) is 0 Å². The molecule has 7 saturated carbocycles. The van der Waals surface area contributed by atoms with E-state index in [0.717, 1.165) is 112 Å². The van der Waals surface area contributed by atoms with Gasteiger partial charge in [0, 0.05) is 52.8 Å². The standard InChI is InChI=1S/C17H19F11.C16H28O4.C15H17F9.C15H26O4.C13H22O3.C13H22O2.C11H12F6O/c18-13(19,5-12-4-10-1-2-11(12)3-10)6-14(20,21)7-15(22,23)8-16(24,25)9-17(26,27)28;1-2-5-17-6-7-18-8-9-19-10-11-20-16-13-14-3-4-15(16)12-14;16-12(17,5-11-4-9-1-2-10(11)3-9)6-13(18,19)7-14(20,21)8-15(22,23)24;1-16-4-5-17-6-7-18-8-9-19-12-15-11-13-2-3-14(15)10-13;1-14-4-5-15-6-7-16-10-13-9-11-2-3-12(13)8-11;1-2-14-7-8-15-6-5-13-10-11-3-4-12(13)9-11;12-10(13,14)9(18,11(15,16)17)5-8-4-6-1-2-7(8)3-6/h1-2,10-12H,3-9H2;3-4,14-16H,2,5-13H2,1H3;1-2,9-11H,3-8H2;2-3,13-15H,4-12H2,1H3;2-3,11-13H,4-10H2,1H3;3-4,11-13H,2,5-10H2,1H3;1-2,6-8,18H,3-5H2. The summed E-state index contributed by atoms with van der Waals surface area (Å²) in [6, 6.07) is 0. The van der Waals surface area contributed by atoms with E-state index in [2.05, 4.69) is 55.5 Å². The van der Waals surface area contributed by atoms with Crippen LogP contribution in [0.25, 0.3) is 0 Å². The van der Waals surface area contributed by atoms with E-state index in [1.165, 1.54) is 57.8 Å². The lowest BCUT2D eigenvalue weighted by Gasteiger charge is -2.35. The Morgan fingerprint density at radius 2 is 0.486 bits per heavy atom. The van der Waals surface area contributed by atoms with E-state index in [1.807, 2.05) is 25.2 Å². The average molecular weight is 2070 g/mol. The van der Waals surface area contributed by atoms with Gasteiger partial charge in [0.05, 0.1) is 170 Å². The van der Waals surface area contributed by atoms with Crippen molar-refractivity contribution in [1.82, 2.24) is 0 Å². The van der Waals surface area contributed by atoms with Crippen molar-refractivity contribution in [3.05, 3.63) is 85.1 Å². The van der Waals surface area contributed by atoms with E-state index in [-0.39, 0.29) is 41.9 Å². The number of fused-ring (bicyclic) bond motifs is 14. The number of methoxy groups -OCH3 is 2. The van der Waals surface area contributed by atoms with Crippen LogP contribution < -0.4 is 0 Å². The minimum Gasteiger partial charge on any atom is -0.382 e. The minimum atomic E-state index is -5.70. The van der Waals surface area contributed by atoms with Crippen molar-refractivity contribution in [3.8, 4) is 0 Å². The number of rotatable bonds is 56. The predicted octanol–water partition coefficient (Wildman–Crippen LogP) is 25.8. The third kappa shape index (κ3) is 43.9. The highest BCUT2D eigenvalue weighted by atomic mass is 19.4. The first-order chi connectivity index (χ1) is 65.7. The Balaban J connectivity index is 0.000000202. The summed E-state index contributed by atoms with van der Waals surface area (Å²) in [6.45, 7) is 20.5. The zero-order valence-electron chi connectivity index (χ0n) is 80.4. The summed E-state index contributed by atoms with van der Waals surface area (Å²) in [6.07, 6.45) is 2.57. The fourth-order valence-corrected chi connectivity index (χ4v) is 22.1. The van der Waals surface area contributed by atoms with Crippen molar-refractivity contribution in [2.24, 2.45) is 118 Å². The third-order valence-corrected chi connectivity index (χ3v) is 28.3. The van der Waals surface area contributed by atoms with Gasteiger partial charge in [-0.2, -0.15) is 52.7 Å². The third-order valence-electron chi connectivity index (χ3n) is 28.3. The summed E-state index contributed by atoms with van der Waals surface area (Å²) >= 11 is 0. The van der Waals surface area contributed by atoms with Gasteiger partial charge in [0.1, 0.15) is 12.8 Å². The van der Waals surface area contributed by atoms with Crippen LogP contribution in [0.1, 0.15) is 181 Å². The Morgan fingerprint density at radius 1 is 0.236 bits per heavy atom. The molecule has 14 nitrogen and oxygen atoms in total. The van der Waals surface area contributed by atoms with Gasteiger partial charge in [-0.05, 0) is 229 Å². The highest BCUT2D eigenvalue weighted by Gasteiger charge is 2.71. The quantitative estimate of drug-likeness (QED) is 0.0351. The first-order valence-electron chi connectivity index (χ1n) is 49.5. The van der Waals surface area contributed by atoms with Crippen molar-refractivity contribution >= 4 is 0 Å². The molecule has 0 amide bonds. The number of allylic oxidation sites excluding steroid dienone is 13. The van der Waals surface area contributed by atoms with E-state index in [0.29, 0.717) is 150 Å². The Hall–Kier alpha value is -4.20. The molecule has 7 fully saturated rings. The SMILES string of the molecule is CCCOCCOCCOCCOC1CC2C=CC1C2.CCOCCOCCC1CC2C=CC1C2.COCCOCCOCC1CC2C=CC1C2.COCCOCCOCCOCC1CC2C=CC1C2.FC(F)(F)CC(F)(F)CC(F)(F)CC(F)(F)CC(F)(F)CC1CC2C=CC1C2.FC(F)(F)CC(F)(F)CC(F)(F)CC(F)(F)CC1CC2C=CC1C2.OC(CC1CC2C=CC1C2)(C(F)(F)F)C(F)(F)F. The summed E-state index contributed by atoms with van der Waals surface area (Å²) in [7, 11) is 3.35. The zero-order valence-corrected chi connectivity index (χ0v) is 80.4. The molecule has 14 rings (SSSR count). The lowest BCUT2D eigenvalue weighted by molar-refractivity contribution is -0.373. The van der Waals surface area contributed by atoms with Crippen LogP contribution in [-0.4, -0.2) is 249 Å². The van der Waals surface area contributed by atoms with Gasteiger partial charge in [0.15, 0.2) is 0 Å². The molecule has 0 radical (unpaired) electrons. The summed E-state index contributed by atoms with van der Waals surface area (Å²) in [5, 5.41) is 9.10. The van der Waals surface area contributed by atoms with Crippen LogP contribution in [0.15, 0.2) is 85.1 Å². The number of hydrogen-bond acceptors (Lipinski definition) is 14. The van der Waals surface area contributed by atoms with E-state index in [9.17, 15) is 114 Å². The Morgan fingerprint density at radius 3 is 0.757 bits per heavy atom. The molecule has 0 aromatic carbocycles. The maximum absolute atomic E-state index is 14.0. The highest BCUT2D eigenvalue weighted by molar-refractivity contribution is 5.16. The van der Waals surface area contributed by atoms with Crippen LogP contribution >= 0.6 is 0 Å². The van der Waals surface area contributed by atoms with Crippen molar-refractivity contribution in [1.29, 1.82) is 0 Å². The molecule has 0 heterocycles. The maximum atomic E-state index is 14.0. The minimum absolute atomic E-state index is 0.0608. The molecule has 14 aliphatic rings. The first kappa shape index (κ1) is 121. The predicted molar refractivity (Wildman–Crippen MR) is 471 cm³/mol. The van der Waals surface area contributed by atoms with Gasteiger partial charge in [-0.3, -0.25) is 0 Å². The number of halogens is 26. The summed E-state index contributed by atoms with van der Waals surface area (Å²) in [5.74, 6) is -25.2. The maximum Gasteiger partial charge on any atom is 0.426 e. The highest BCUT2D eigenvalue weighted by Crippen LogP contribution is 2.57. The second kappa shape index (κ2) is 56.4. The molecule has 21 unspecified atom stereocenters. The van der Waals surface area contributed by atoms with Crippen LogP contribution in [-0.2, 0) is 61.6 Å². The second-order valence-corrected chi connectivity index (χ2v) is 40.3. The largest absolute Gasteiger partial charge is 0.426 e. The van der Waals surface area contributed by atoms with Gasteiger partial charge >= 0.3 is 24.7 Å². The topological polar surface area (TPSA) is 140 Å². The second-order valence-electron chi connectivity index (χ2n) is 40.3. The molecule has 0 spiro atoms. The van der Waals surface area contributed by atoms with Gasteiger partial charge in [-0.1, -0.05) is 92.0 Å². The van der Waals surface area contributed by atoms with Gasteiger partial charge in [0.25, 0.3) is 47.1 Å². The first-order valence-corrected chi connectivity index (χ1v) is 49.5. The van der Waals surface area contributed by atoms with Gasteiger partial charge in [-0.15, -0.1) is 0 Å². The van der Waals surface area contributed by atoms with Gasteiger partial charge in [0.2, 0.25) is 0 Å². The monoisotopic (exact) mass is 2070 g/mol. The Bertz CT molecular complexity index is 3690. The van der Waals surface area contributed by atoms with Gasteiger partial charge < -0.3 is 66.7 Å². The molecule has 0 aromatic rings. The van der Waals surface area contributed by atoms with Crippen molar-refractivity contribution in [2.45, 2.75) is 259 Å². The normalized spacial score (nSPS) is 29.1. The molecular formula is C100H146F26O14. The molecule has 812 valence electrons. The van der Waals surface area contributed by atoms with Crippen molar-refractivity contribution < 1.29 is 181 Å². The lowest BCUT2D eigenvalue weighted by atomic mass is 9.82. The van der Waals surface area contributed by atoms with E-state index in [4.69, 9.17) is 66.7 Å². The Kier molecular flexibility index (Phi) is 48.8. The van der Waals surface area contributed by atoms with Crippen LogP contribution in [0, 0.1) is 118 Å². The molecule has 21 atom stereocenters. The summed E-state index contributed by atoms with van der Waals surface area (Å²) in [5.41, 5.74) is -4.59. The fourth-order valence-electron chi connectivity index (χ4n) is 22.1. The molecule has 0 aliphatic heterocycles. The molecule has 1 N–H and O–H groups in total. The average Bonchev–Trinajstić information content (AvgIpc) is 1.40. The van der Waals surface area contributed by atoms with E-state index >= 15 is 0 Å².